The average Bonchev–Trinajstić information content (AvgIpc) is 2.78. The molecule has 0 N–H and O–H groups in total. The van der Waals surface area contributed by atoms with Crippen LogP contribution in [0.4, 0.5) is 8.78 Å². The zero-order valence-electron chi connectivity index (χ0n) is 17.4. The molecule has 0 aliphatic heterocycles. The Morgan fingerprint density at radius 1 is 0.767 bits per heavy atom. The van der Waals surface area contributed by atoms with E-state index in [1.807, 2.05) is 62.4 Å². The Hall–Kier alpha value is -3.20. The second-order valence-electron chi connectivity index (χ2n) is 7.04. The van der Waals surface area contributed by atoms with Crippen LogP contribution in [0.15, 0.2) is 85.0 Å². The SMILES string of the molecule is CC=CCOc1ccc2cc(C(F)=C(F)c3ccc(CC/C=C/C)cc3)ccc2c1. The zero-order chi connectivity index (χ0) is 21.3. The van der Waals surface area contributed by atoms with Gasteiger partial charge < -0.3 is 4.74 Å². The smallest absolute Gasteiger partial charge is 0.166 e. The summed E-state index contributed by atoms with van der Waals surface area (Å²) >= 11 is 0. The molecule has 0 radical (unpaired) electrons. The number of rotatable bonds is 8. The van der Waals surface area contributed by atoms with Gasteiger partial charge in [0.05, 0.1) is 0 Å². The van der Waals surface area contributed by atoms with Crippen molar-refractivity contribution in [3.05, 3.63) is 102 Å². The minimum Gasteiger partial charge on any atom is -0.490 e. The van der Waals surface area contributed by atoms with Crippen LogP contribution < -0.4 is 4.74 Å². The summed E-state index contributed by atoms with van der Waals surface area (Å²) in [5, 5.41) is 1.74. The number of ether oxygens (including phenoxy) is 1. The lowest BCUT2D eigenvalue weighted by atomic mass is 10.0. The Kier molecular flexibility index (Phi) is 7.56. The molecule has 0 bridgehead atoms. The lowest BCUT2D eigenvalue weighted by Gasteiger charge is -2.07. The van der Waals surface area contributed by atoms with Gasteiger partial charge in [0.2, 0.25) is 0 Å². The van der Waals surface area contributed by atoms with E-state index in [9.17, 15) is 8.78 Å². The van der Waals surface area contributed by atoms with Gasteiger partial charge in [-0.3, -0.25) is 0 Å². The van der Waals surface area contributed by atoms with Crippen molar-refractivity contribution < 1.29 is 13.5 Å². The summed E-state index contributed by atoms with van der Waals surface area (Å²) in [6.45, 7) is 4.42. The fraction of sp³-hybridized carbons (Fsp3) is 0.185. The predicted octanol–water partition coefficient (Wildman–Crippen LogP) is 8.07. The third-order valence-corrected chi connectivity index (χ3v) is 4.88. The first-order chi connectivity index (χ1) is 14.6. The summed E-state index contributed by atoms with van der Waals surface area (Å²) in [5.74, 6) is -0.960. The van der Waals surface area contributed by atoms with Gasteiger partial charge in [0.15, 0.2) is 11.7 Å². The summed E-state index contributed by atoms with van der Waals surface area (Å²) < 4.78 is 35.2. The molecule has 0 fully saturated rings. The second-order valence-corrected chi connectivity index (χ2v) is 7.04. The highest BCUT2D eigenvalue weighted by molar-refractivity contribution is 5.90. The van der Waals surface area contributed by atoms with E-state index in [1.165, 1.54) is 0 Å². The lowest BCUT2D eigenvalue weighted by Crippen LogP contribution is -1.93. The van der Waals surface area contributed by atoms with Crippen LogP contribution in [-0.4, -0.2) is 6.61 Å². The molecule has 0 spiro atoms. The van der Waals surface area contributed by atoms with Crippen molar-refractivity contribution >= 4 is 22.4 Å². The standard InChI is InChI=1S/C27H26F2O/c1-3-5-7-8-20-9-11-21(12-10-20)26(28)27(29)24-14-13-23-19-25(30-17-6-4-2)16-15-22(23)18-24/h3-6,9-16,18-19H,7-8,17H2,1-2H3/b5-3+,6-4?,27-26?. The fourth-order valence-electron chi connectivity index (χ4n) is 3.18. The van der Waals surface area contributed by atoms with Crippen molar-refractivity contribution in [1.82, 2.24) is 0 Å². The van der Waals surface area contributed by atoms with E-state index in [2.05, 4.69) is 6.08 Å². The van der Waals surface area contributed by atoms with Crippen molar-refractivity contribution in [2.24, 2.45) is 0 Å². The van der Waals surface area contributed by atoms with Crippen LogP contribution in [0.5, 0.6) is 5.75 Å². The minimum absolute atomic E-state index is 0.222. The summed E-state index contributed by atoms with van der Waals surface area (Å²) in [4.78, 5) is 0. The first-order valence-electron chi connectivity index (χ1n) is 10.2. The number of hydrogen-bond acceptors (Lipinski definition) is 1. The number of benzene rings is 3. The van der Waals surface area contributed by atoms with Crippen molar-refractivity contribution in [2.75, 3.05) is 6.61 Å². The summed E-state index contributed by atoms with van der Waals surface area (Å²) in [6.07, 6.45) is 9.75. The van der Waals surface area contributed by atoms with Gasteiger partial charge in [-0.15, -0.1) is 0 Å². The highest BCUT2D eigenvalue weighted by Crippen LogP contribution is 2.31. The van der Waals surface area contributed by atoms with Gasteiger partial charge in [-0.25, -0.2) is 8.78 Å². The second kappa shape index (κ2) is 10.5. The number of allylic oxidation sites excluding steroid dienone is 3. The van der Waals surface area contributed by atoms with E-state index in [1.54, 1.807) is 30.3 Å². The molecule has 0 unspecified atom stereocenters. The van der Waals surface area contributed by atoms with E-state index < -0.39 is 11.7 Å². The molecule has 0 heterocycles. The van der Waals surface area contributed by atoms with Crippen LogP contribution in [0.1, 0.15) is 37.0 Å². The summed E-state index contributed by atoms with van der Waals surface area (Å²) in [5.41, 5.74) is 1.57. The number of halogens is 2. The monoisotopic (exact) mass is 404 g/mol. The minimum atomic E-state index is -0.855. The lowest BCUT2D eigenvalue weighted by molar-refractivity contribution is 0.363. The van der Waals surface area contributed by atoms with Gasteiger partial charge in [-0.1, -0.05) is 66.8 Å². The maximum Gasteiger partial charge on any atom is 0.166 e. The molecule has 0 aliphatic rings. The Bertz CT molecular complexity index is 1080. The van der Waals surface area contributed by atoms with Crippen LogP contribution >= 0.6 is 0 Å². The van der Waals surface area contributed by atoms with Gasteiger partial charge in [-0.05, 0) is 61.2 Å². The van der Waals surface area contributed by atoms with Gasteiger partial charge in [-0.2, -0.15) is 0 Å². The molecule has 3 heteroatoms. The third-order valence-electron chi connectivity index (χ3n) is 4.88. The molecule has 3 aromatic carbocycles. The zero-order valence-corrected chi connectivity index (χ0v) is 17.4. The number of aryl methyl sites for hydroxylation is 1. The molecular weight excluding hydrogens is 378 g/mol. The Balaban J connectivity index is 1.80. The quantitative estimate of drug-likeness (QED) is 0.272. The van der Waals surface area contributed by atoms with Crippen LogP contribution in [-0.2, 0) is 6.42 Å². The molecule has 0 saturated heterocycles. The van der Waals surface area contributed by atoms with Crippen molar-refractivity contribution in [3.8, 4) is 5.75 Å². The molecule has 154 valence electrons. The summed E-state index contributed by atoms with van der Waals surface area (Å²) in [6, 6.07) is 17.6. The molecule has 0 atom stereocenters. The van der Waals surface area contributed by atoms with Crippen LogP contribution in [0.2, 0.25) is 0 Å². The highest BCUT2D eigenvalue weighted by atomic mass is 19.2. The molecule has 0 aliphatic carbocycles. The van der Waals surface area contributed by atoms with Crippen LogP contribution in [0, 0.1) is 0 Å². The van der Waals surface area contributed by atoms with E-state index in [0.717, 1.165) is 34.9 Å². The molecule has 0 saturated carbocycles. The topological polar surface area (TPSA) is 9.23 Å². The fourth-order valence-corrected chi connectivity index (χ4v) is 3.18. The average molecular weight is 405 g/mol. The van der Waals surface area contributed by atoms with Gasteiger partial charge in [0, 0.05) is 11.1 Å². The first-order valence-corrected chi connectivity index (χ1v) is 10.2. The Morgan fingerprint density at radius 3 is 2.13 bits per heavy atom. The van der Waals surface area contributed by atoms with Gasteiger partial charge in [0.1, 0.15) is 12.4 Å². The Morgan fingerprint density at radius 2 is 1.40 bits per heavy atom. The van der Waals surface area contributed by atoms with Gasteiger partial charge in [0.25, 0.3) is 0 Å². The maximum absolute atomic E-state index is 14.8. The third kappa shape index (κ3) is 5.44. The number of fused-ring (bicyclic) bond motifs is 1. The normalized spacial score (nSPS) is 12.7. The maximum atomic E-state index is 14.8. The number of hydrogen-bond donors (Lipinski definition) is 0. The highest BCUT2D eigenvalue weighted by Gasteiger charge is 2.12. The van der Waals surface area contributed by atoms with Crippen molar-refractivity contribution in [1.29, 1.82) is 0 Å². The largest absolute Gasteiger partial charge is 0.490 e. The van der Waals surface area contributed by atoms with Gasteiger partial charge >= 0.3 is 0 Å². The van der Waals surface area contributed by atoms with E-state index in [0.29, 0.717) is 6.61 Å². The molecule has 3 rings (SSSR count). The molecular formula is C27H26F2O. The van der Waals surface area contributed by atoms with E-state index >= 15 is 0 Å². The molecule has 1 nitrogen and oxygen atoms in total. The molecule has 0 aromatic heterocycles. The first kappa shape index (κ1) is 21.5. The summed E-state index contributed by atoms with van der Waals surface area (Å²) in [7, 11) is 0. The molecule has 0 amide bonds. The van der Waals surface area contributed by atoms with Crippen molar-refractivity contribution in [3.63, 3.8) is 0 Å². The van der Waals surface area contributed by atoms with Crippen molar-refractivity contribution in [2.45, 2.75) is 26.7 Å². The predicted molar refractivity (Wildman–Crippen MR) is 123 cm³/mol. The molecule has 3 aromatic rings. The van der Waals surface area contributed by atoms with Crippen LogP contribution in [0.3, 0.4) is 0 Å². The van der Waals surface area contributed by atoms with E-state index in [-0.39, 0.29) is 11.1 Å². The Labute approximate surface area is 177 Å². The van der Waals surface area contributed by atoms with E-state index in [4.69, 9.17) is 4.74 Å². The molecule has 30 heavy (non-hydrogen) atoms. The van der Waals surface area contributed by atoms with Crippen LogP contribution in [0.25, 0.3) is 22.4 Å².